The van der Waals surface area contributed by atoms with Crippen LogP contribution in [-0.2, 0) is 11.3 Å². The van der Waals surface area contributed by atoms with Gasteiger partial charge in [0.15, 0.2) is 0 Å². The normalized spacial score (nSPS) is 19.0. The van der Waals surface area contributed by atoms with Crippen molar-refractivity contribution in [1.29, 1.82) is 0 Å². The van der Waals surface area contributed by atoms with E-state index >= 15 is 0 Å². The first-order valence-corrected chi connectivity index (χ1v) is 8.98. The molecule has 4 rings (SSSR count). The fraction of sp³-hybridized carbons (Fsp3) is 0.238. The summed E-state index contributed by atoms with van der Waals surface area (Å²) in [4.78, 5) is 14.1. The lowest BCUT2D eigenvalue weighted by Gasteiger charge is -2.39. The zero-order chi connectivity index (χ0) is 19.0. The van der Waals surface area contributed by atoms with Crippen molar-refractivity contribution in [3.8, 4) is 5.69 Å². The zero-order valence-electron chi connectivity index (χ0n) is 15.0. The third-order valence-electron chi connectivity index (χ3n) is 5.12. The second-order valence-corrected chi connectivity index (χ2v) is 6.96. The Kier molecular flexibility index (Phi) is 4.39. The topological polar surface area (TPSA) is 64.2 Å². The van der Waals surface area contributed by atoms with Gasteiger partial charge >= 0.3 is 0 Å². The maximum Gasteiger partial charge on any atom is 0.225 e. The quantitative estimate of drug-likeness (QED) is 0.772. The van der Waals surface area contributed by atoms with Crippen LogP contribution in [0.5, 0.6) is 0 Å². The van der Waals surface area contributed by atoms with E-state index in [0.29, 0.717) is 18.7 Å². The number of nitrogens with zero attached hydrogens (tertiary/aromatic N) is 3. The summed E-state index contributed by atoms with van der Waals surface area (Å²) in [6, 6.07) is 16.3. The highest BCUT2D eigenvalue weighted by Gasteiger charge is 2.33. The molecule has 0 saturated heterocycles. The number of anilines is 1. The molecule has 0 fully saturated rings. The standard InChI is InChI=1S/C21H21FN4O/c1-14-11-19(21(23)27)18-7-2-3-8-20(18)25(14)13-16-9-10-26(24-16)17-6-4-5-15(22)12-17/h2-10,12,14,19H,11,13H2,1H3,(H2,23,27)/t14-,19+/m0/s1. The molecule has 5 nitrogen and oxygen atoms in total. The van der Waals surface area contributed by atoms with Gasteiger partial charge in [-0.3, -0.25) is 4.79 Å². The molecule has 3 aromatic rings. The van der Waals surface area contributed by atoms with Crippen LogP contribution in [0.4, 0.5) is 10.1 Å². The van der Waals surface area contributed by atoms with Crippen LogP contribution in [0, 0.1) is 5.82 Å². The SMILES string of the molecule is C[C@H]1C[C@@H](C(N)=O)c2ccccc2N1Cc1ccn(-c2cccc(F)c2)n1. The molecule has 1 aliphatic rings. The molecule has 1 amide bonds. The van der Waals surface area contributed by atoms with Crippen LogP contribution in [-0.4, -0.2) is 21.7 Å². The summed E-state index contributed by atoms with van der Waals surface area (Å²) in [5.41, 5.74) is 9.15. The molecule has 27 heavy (non-hydrogen) atoms. The molecule has 2 N–H and O–H groups in total. The number of rotatable bonds is 4. The molecule has 1 aromatic heterocycles. The molecule has 0 unspecified atom stereocenters. The number of benzene rings is 2. The van der Waals surface area contributed by atoms with Gasteiger partial charge in [-0.1, -0.05) is 24.3 Å². The molecular weight excluding hydrogens is 343 g/mol. The number of para-hydroxylation sites is 1. The van der Waals surface area contributed by atoms with Gasteiger partial charge in [0.1, 0.15) is 5.82 Å². The third-order valence-corrected chi connectivity index (χ3v) is 5.12. The molecule has 0 aliphatic carbocycles. The zero-order valence-corrected chi connectivity index (χ0v) is 15.0. The molecule has 2 atom stereocenters. The fourth-order valence-electron chi connectivity index (χ4n) is 3.77. The summed E-state index contributed by atoms with van der Waals surface area (Å²) in [5.74, 6) is -0.845. The van der Waals surface area contributed by atoms with Crippen LogP contribution in [0.1, 0.15) is 30.5 Å². The van der Waals surface area contributed by atoms with Gasteiger partial charge in [0, 0.05) is 17.9 Å². The van der Waals surface area contributed by atoms with Gasteiger partial charge in [0.05, 0.1) is 23.8 Å². The number of halogens is 1. The average molecular weight is 364 g/mol. The molecule has 2 heterocycles. The van der Waals surface area contributed by atoms with Crippen LogP contribution in [0.2, 0.25) is 0 Å². The van der Waals surface area contributed by atoms with Crippen molar-refractivity contribution in [2.24, 2.45) is 5.73 Å². The highest BCUT2D eigenvalue weighted by molar-refractivity contribution is 5.85. The Morgan fingerprint density at radius 2 is 2.04 bits per heavy atom. The summed E-state index contributed by atoms with van der Waals surface area (Å²) in [6.07, 6.45) is 2.51. The summed E-state index contributed by atoms with van der Waals surface area (Å²) in [7, 11) is 0. The predicted molar refractivity (Wildman–Crippen MR) is 102 cm³/mol. The van der Waals surface area contributed by atoms with E-state index in [0.717, 1.165) is 16.9 Å². The first-order chi connectivity index (χ1) is 13.0. The molecule has 1 aliphatic heterocycles. The molecule has 6 heteroatoms. The first-order valence-electron chi connectivity index (χ1n) is 8.98. The number of amides is 1. The Morgan fingerprint density at radius 3 is 2.81 bits per heavy atom. The van der Waals surface area contributed by atoms with E-state index < -0.39 is 0 Å². The monoisotopic (exact) mass is 364 g/mol. The van der Waals surface area contributed by atoms with Crippen molar-refractivity contribution >= 4 is 11.6 Å². The number of aromatic nitrogens is 2. The Hall–Kier alpha value is -3.15. The van der Waals surface area contributed by atoms with E-state index in [1.807, 2.05) is 42.6 Å². The molecule has 0 radical (unpaired) electrons. The van der Waals surface area contributed by atoms with Crippen molar-refractivity contribution in [1.82, 2.24) is 9.78 Å². The summed E-state index contributed by atoms with van der Waals surface area (Å²) < 4.78 is 15.1. The maximum absolute atomic E-state index is 13.5. The van der Waals surface area contributed by atoms with E-state index in [4.69, 9.17) is 5.73 Å². The Labute approximate surface area is 157 Å². The molecular formula is C21H21FN4O. The Bertz CT molecular complexity index is 984. The average Bonchev–Trinajstić information content (AvgIpc) is 3.12. The summed E-state index contributed by atoms with van der Waals surface area (Å²) in [6.45, 7) is 2.70. The van der Waals surface area contributed by atoms with Crippen LogP contribution in [0.3, 0.4) is 0 Å². The van der Waals surface area contributed by atoms with Gasteiger partial charge in [-0.2, -0.15) is 5.10 Å². The number of carbonyl (C=O) groups excluding carboxylic acids is 1. The van der Waals surface area contributed by atoms with Crippen LogP contribution < -0.4 is 10.6 Å². The molecule has 0 saturated carbocycles. The summed E-state index contributed by atoms with van der Waals surface area (Å²) >= 11 is 0. The van der Waals surface area contributed by atoms with Crippen molar-refractivity contribution in [3.05, 3.63) is 77.9 Å². The third kappa shape index (κ3) is 3.30. The van der Waals surface area contributed by atoms with Crippen LogP contribution in [0.15, 0.2) is 60.8 Å². The number of carbonyl (C=O) groups is 1. The fourth-order valence-corrected chi connectivity index (χ4v) is 3.77. The lowest BCUT2D eigenvalue weighted by Crippen LogP contribution is -2.41. The van der Waals surface area contributed by atoms with Gasteiger partial charge < -0.3 is 10.6 Å². The van der Waals surface area contributed by atoms with Gasteiger partial charge in [-0.25, -0.2) is 9.07 Å². The van der Waals surface area contributed by atoms with Gasteiger partial charge in [0.25, 0.3) is 0 Å². The van der Waals surface area contributed by atoms with Crippen LogP contribution in [0.25, 0.3) is 5.69 Å². The van der Waals surface area contributed by atoms with Gasteiger partial charge in [-0.05, 0) is 49.2 Å². The van der Waals surface area contributed by atoms with E-state index in [9.17, 15) is 9.18 Å². The van der Waals surface area contributed by atoms with Gasteiger partial charge in [0.2, 0.25) is 5.91 Å². The number of hydrogen-bond donors (Lipinski definition) is 1. The van der Waals surface area contributed by atoms with E-state index in [1.165, 1.54) is 12.1 Å². The van der Waals surface area contributed by atoms with Crippen molar-refractivity contribution < 1.29 is 9.18 Å². The minimum atomic E-state index is -0.291. The van der Waals surface area contributed by atoms with Crippen molar-refractivity contribution in [3.63, 3.8) is 0 Å². The number of nitrogens with two attached hydrogens (primary N) is 1. The van der Waals surface area contributed by atoms with Crippen molar-refractivity contribution in [2.75, 3.05) is 4.90 Å². The number of hydrogen-bond acceptors (Lipinski definition) is 3. The van der Waals surface area contributed by atoms with E-state index in [2.05, 4.69) is 16.9 Å². The molecule has 0 spiro atoms. The molecule has 2 aromatic carbocycles. The lowest BCUT2D eigenvalue weighted by atomic mass is 9.85. The van der Waals surface area contributed by atoms with Crippen molar-refractivity contribution in [2.45, 2.75) is 31.8 Å². The highest BCUT2D eigenvalue weighted by Crippen LogP contribution is 2.38. The number of fused-ring (bicyclic) bond motifs is 1. The van der Waals surface area contributed by atoms with E-state index in [-0.39, 0.29) is 23.7 Å². The lowest BCUT2D eigenvalue weighted by molar-refractivity contribution is -0.119. The Balaban J connectivity index is 1.63. The maximum atomic E-state index is 13.5. The minimum absolute atomic E-state index is 0.150. The number of primary amides is 1. The molecule has 138 valence electrons. The smallest absolute Gasteiger partial charge is 0.225 e. The Morgan fingerprint density at radius 1 is 1.22 bits per heavy atom. The van der Waals surface area contributed by atoms with E-state index in [1.54, 1.807) is 10.7 Å². The predicted octanol–water partition coefficient (Wildman–Crippen LogP) is 3.38. The largest absolute Gasteiger partial charge is 0.369 e. The second-order valence-electron chi connectivity index (χ2n) is 6.96. The highest BCUT2D eigenvalue weighted by atomic mass is 19.1. The second kappa shape index (κ2) is 6.87. The first kappa shape index (κ1) is 17.3. The minimum Gasteiger partial charge on any atom is -0.369 e. The van der Waals surface area contributed by atoms with Crippen LogP contribution >= 0.6 is 0 Å². The molecule has 0 bridgehead atoms. The summed E-state index contributed by atoms with van der Waals surface area (Å²) in [5, 5.41) is 4.59. The van der Waals surface area contributed by atoms with Gasteiger partial charge in [-0.15, -0.1) is 0 Å².